The van der Waals surface area contributed by atoms with Crippen LogP contribution in [0.2, 0.25) is 5.15 Å². The minimum Gasteiger partial charge on any atom is -0.261 e. The lowest BCUT2D eigenvalue weighted by atomic mass is 10.4. The van der Waals surface area contributed by atoms with Gasteiger partial charge in [-0.1, -0.05) is 11.6 Å². The van der Waals surface area contributed by atoms with E-state index in [-0.39, 0.29) is 15.9 Å². The van der Waals surface area contributed by atoms with Crippen LogP contribution >= 0.6 is 11.6 Å². The van der Waals surface area contributed by atoms with Gasteiger partial charge in [0.1, 0.15) is 5.82 Å². The highest BCUT2D eigenvalue weighted by molar-refractivity contribution is 7.92. The number of aromatic nitrogens is 2. The first kappa shape index (κ1) is 12.7. The number of halogens is 2. The van der Waals surface area contributed by atoms with Crippen molar-refractivity contribution < 1.29 is 12.8 Å². The average molecular weight is 288 g/mol. The molecular weight excluding hydrogens is 281 g/mol. The Bertz CT molecular complexity index is 661. The summed E-state index contributed by atoms with van der Waals surface area (Å²) < 4.78 is 38.7. The van der Waals surface area contributed by atoms with E-state index in [0.29, 0.717) is 0 Å². The van der Waals surface area contributed by atoms with E-state index in [1.165, 1.54) is 12.4 Å². The van der Waals surface area contributed by atoms with Crippen LogP contribution in [0, 0.1) is 5.82 Å². The van der Waals surface area contributed by atoms with Gasteiger partial charge in [0.05, 0.1) is 4.90 Å². The van der Waals surface area contributed by atoms with Gasteiger partial charge in [-0.2, -0.15) is 0 Å². The van der Waals surface area contributed by atoms with Crippen molar-refractivity contribution in [3.05, 3.63) is 47.6 Å². The quantitative estimate of drug-likeness (QED) is 0.938. The van der Waals surface area contributed by atoms with Crippen LogP contribution in [0.3, 0.4) is 0 Å². The number of rotatable bonds is 3. The van der Waals surface area contributed by atoms with Crippen molar-refractivity contribution in [2.75, 3.05) is 4.72 Å². The van der Waals surface area contributed by atoms with E-state index in [1.807, 2.05) is 0 Å². The molecule has 2 rings (SSSR count). The third-order valence-corrected chi connectivity index (χ3v) is 3.64. The van der Waals surface area contributed by atoms with Crippen LogP contribution < -0.4 is 4.72 Å². The summed E-state index contributed by atoms with van der Waals surface area (Å²) in [5, 5.41) is -0.0665. The molecule has 0 spiro atoms. The second-order valence-electron chi connectivity index (χ2n) is 3.26. The van der Waals surface area contributed by atoms with Gasteiger partial charge in [-0.25, -0.2) is 22.8 Å². The van der Waals surface area contributed by atoms with E-state index in [2.05, 4.69) is 14.7 Å². The molecule has 1 aromatic heterocycles. The second kappa shape index (κ2) is 4.87. The summed E-state index contributed by atoms with van der Waals surface area (Å²) >= 11 is 5.68. The first-order chi connectivity index (χ1) is 8.49. The van der Waals surface area contributed by atoms with Crippen LogP contribution in [0.15, 0.2) is 41.6 Å². The van der Waals surface area contributed by atoms with Crippen LogP contribution in [0.5, 0.6) is 0 Å². The number of hydrogen-bond donors (Lipinski definition) is 1. The minimum absolute atomic E-state index is 0.0665. The number of benzene rings is 1. The van der Waals surface area contributed by atoms with Crippen molar-refractivity contribution in [2.24, 2.45) is 0 Å². The van der Waals surface area contributed by atoms with Crippen molar-refractivity contribution in [3.8, 4) is 0 Å². The molecule has 5 nitrogen and oxygen atoms in total. The smallest absolute Gasteiger partial charge is 0.261 e. The summed E-state index contributed by atoms with van der Waals surface area (Å²) in [7, 11) is -3.86. The Morgan fingerprint density at radius 2 is 1.72 bits per heavy atom. The van der Waals surface area contributed by atoms with E-state index >= 15 is 0 Å². The molecule has 0 saturated carbocycles. The molecule has 8 heteroatoms. The molecule has 0 amide bonds. The third-order valence-electron chi connectivity index (χ3n) is 2.01. The largest absolute Gasteiger partial charge is 0.263 e. The Morgan fingerprint density at radius 3 is 2.33 bits per heavy atom. The highest BCUT2D eigenvalue weighted by atomic mass is 35.5. The van der Waals surface area contributed by atoms with Crippen LogP contribution in [-0.2, 0) is 10.0 Å². The molecule has 0 fully saturated rings. The Labute approximate surface area is 108 Å². The fourth-order valence-electron chi connectivity index (χ4n) is 1.19. The molecule has 0 atom stereocenters. The topological polar surface area (TPSA) is 72.0 Å². The Hall–Kier alpha value is -1.73. The Kier molecular flexibility index (Phi) is 3.44. The van der Waals surface area contributed by atoms with E-state index in [0.717, 1.165) is 24.3 Å². The van der Waals surface area contributed by atoms with Gasteiger partial charge < -0.3 is 0 Å². The molecule has 1 N–H and O–H groups in total. The van der Waals surface area contributed by atoms with Gasteiger partial charge >= 0.3 is 0 Å². The SMILES string of the molecule is O=S(=O)(Nc1nccnc1Cl)c1ccc(F)cc1. The summed E-state index contributed by atoms with van der Waals surface area (Å²) in [6.45, 7) is 0. The van der Waals surface area contributed by atoms with E-state index in [9.17, 15) is 12.8 Å². The molecule has 0 aliphatic heterocycles. The lowest BCUT2D eigenvalue weighted by Gasteiger charge is -2.07. The molecule has 0 saturated heterocycles. The van der Waals surface area contributed by atoms with Gasteiger partial charge in [0.15, 0.2) is 11.0 Å². The molecular formula is C10H7ClFN3O2S. The van der Waals surface area contributed by atoms with Crippen LogP contribution in [-0.4, -0.2) is 18.4 Å². The molecule has 0 radical (unpaired) electrons. The van der Waals surface area contributed by atoms with Crippen molar-refractivity contribution in [1.29, 1.82) is 0 Å². The number of sulfonamides is 1. The summed E-state index contributed by atoms with van der Waals surface area (Å²) in [5.41, 5.74) is 0. The monoisotopic (exact) mass is 287 g/mol. The van der Waals surface area contributed by atoms with Crippen molar-refractivity contribution in [2.45, 2.75) is 4.90 Å². The first-order valence-corrected chi connectivity index (χ1v) is 6.60. The molecule has 0 unspecified atom stereocenters. The lowest BCUT2D eigenvalue weighted by Crippen LogP contribution is -2.14. The zero-order valence-electron chi connectivity index (χ0n) is 8.84. The van der Waals surface area contributed by atoms with Crippen molar-refractivity contribution >= 4 is 27.4 Å². The van der Waals surface area contributed by atoms with Crippen molar-refractivity contribution in [1.82, 2.24) is 9.97 Å². The van der Waals surface area contributed by atoms with Gasteiger partial charge in [-0.15, -0.1) is 0 Å². The van der Waals surface area contributed by atoms with Gasteiger partial charge in [-0.05, 0) is 24.3 Å². The number of nitrogens with one attached hydrogen (secondary N) is 1. The third kappa shape index (κ3) is 2.74. The summed E-state index contributed by atoms with van der Waals surface area (Å²) in [5.74, 6) is -0.602. The van der Waals surface area contributed by atoms with Crippen LogP contribution in [0.1, 0.15) is 0 Å². The fourth-order valence-corrected chi connectivity index (χ4v) is 2.41. The number of nitrogens with zero attached hydrogens (tertiary/aromatic N) is 2. The molecule has 18 heavy (non-hydrogen) atoms. The molecule has 1 heterocycles. The van der Waals surface area contributed by atoms with E-state index in [4.69, 9.17) is 11.6 Å². The summed E-state index contributed by atoms with van der Waals surface area (Å²) in [4.78, 5) is 7.34. The predicted molar refractivity (Wildman–Crippen MR) is 64.3 cm³/mol. The molecule has 0 bridgehead atoms. The molecule has 0 aliphatic carbocycles. The summed E-state index contributed by atoms with van der Waals surface area (Å²) in [6, 6.07) is 4.38. The van der Waals surface area contributed by atoms with Crippen LogP contribution in [0.25, 0.3) is 0 Å². The van der Waals surface area contributed by atoms with Gasteiger partial charge in [0, 0.05) is 12.4 Å². The lowest BCUT2D eigenvalue weighted by molar-refractivity contribution is 0.599. The van der Waals surface area contributed by atoms with Crippen molar-refractivity contribution in [3.63, 3.8) is 0 Å². The van der Waals surface area contributed by atoms with Gasteiger partial charge in [0.2, 0.25) is 0 Å². The van der Waals surface area contributed by atoms with Crippen LogP contribution in [0.4, 0.5) is 10.2 Å². The number of anilines is 1. The highest BCUT2D eigenvalue weighted by Gasteiger charge is 2.16. The average Bonchev–Trinajstić information content (AvgIpc) is 2.32. The first-order valence-electron chi connectivity index (χ1n) is 4.74. The maximum atomic E-state index is 12.7. The maximum absolute atomic E-state index is 12.7. The van der Waals surface area contributed by atoms with Gasteiger partial charge in [-0.3, -0.25) is 4.72 Å². The minimum atomic E-state index is -3.86. The maximum Gasteiger partial charge on any atom is 0.263 e. The Balaban J connectivity index is 2.33. The van der Waals surface area contributed by atoms with Gasteiger partial charge in [0.25, 0.3) is 10.0 Å². The number of hydrogen-bond acceptors (Lipinski definition) is 4. The predicted octanol–water partition coefficient (Wildman–Crippen LogP) is 2.07. The molecule has 1 aromatic carbocycles. The highest BCUT2D eigenvalue weighted by Crippen LogP contribution is 2.19. The zero-order chi connectivity index (χ0) is 13.2. The molecule has 2 aromatic rings. The van der Waals surface area contributed by atoms with E-state index in [1.54, 1.807) is 0 Å². The second-order valence-corrected chi connectivity index (χ2v) is 5.30. The molecule has 0 aliphatic rings. The standard InChI is InChI=1S/C10H7ClFN3O2S/c11-9-10(14-6-5-13-9)15-18(16,17)8-3-1-7(12)2-4-8/h1-6H,(H,14,15). The molecule has 94 valence electrons. The normalized spacial score (nSPS) is 11.2. The van der Waals surface area contributed by atoms with E-state index < -0.39 is 15.8 Å². The summed E-state index contributed by atoms with van der Waals surface area (Å²) in [6.07, 6.45) is 2.63. The Morgan fingerprint density at radius 1 is 1.11 bits per heavy atom. The zero-order valence-corrected chi connectivity index (χ0v) is 10.4. The fraction of sp³-hybridized carbons (Fsp3) is 0.